The molecule has 5 nitrogen and oxygen atoms in total. The van der Waals surface area contributed by atoms with Crippen molar-refractivity contribution in [2.24, 2.45) is 0 Å². The number of rotatable bonds is 9. The van der Waals surface area contributed by atoms with Crippen LogP contribution in [0.15, 0.2) is 18.2 Å². The number of methoxy groups -OCH3 is 1. The van der Waals surface area contributed by atoms with E-state index in [1.54, 1.807) is 7.11 Å². The highest BCUT2D eigenvalue weighted by atomic mass is 16.5. The largest absolute Gasteiger partial charge is 0.493 e. The number of likely N-dealkylation sites (N-methyl/N-ethyl adjacent to an activating group) is 2. The molecule has 0 aromatic heterocycles. The van der Waals surface area contributed by atoms with Crippen molar-refractivity contribution in [1.82, 2.24) is 14.7 Å². The fourth-order valence-corrected chi connectivity index (χ4v) is 2.98. The van der Waals surface area contributed by atoms with E-state index in [1.165, 1.54) is 31.7 Å². The molecule has 0 N–H and O–H groups in total. The van der Waals surface area contributed by atoms with Crippen LogP contribution in [-0.4, -0.2) is 88.8 Å². The lowest BCUT2D eigenvalue weighted by molar-refractivity contribution is 0.153. The Morgan fingerprint density at radius 3 is 2.54 bits per heavy atom. The maximum atomic E-state index is 6.04. The van der Waals surface area contributed by atoms with Crippen molar-refractivity contribution in [1.29, 1.82) is 0 Å². The molecule has 1 fully saturated rings. The SMILES string of the molecule is COc1cccc(CCCN2CCN(C)CC2)c1OCCN(C)C. The van der Waals surface area contributed by atoms with E-state index in [4.69, 9.17) is 9.47 Å². The first kappa shape index (κ1) is 19.0. The predicted molar refractivity (Wildman–Crippen MR) is 99.3 cm³/mol. The third-order valence-electron chi connectivity index (χ3n) is 4.58. The van der Waals surface area contributed by atoms with E-state index < -0.39 is 0 Å². The zero-order valence-electron chi connectivity index (χ0n) is 15.8. The molecule has 0 unspecified atom stereocenters. The summed E-state index contributed by atoms with van der Waals surface area (Å²) >= 11 is 0. The van der Waals surface area contributed by atoms with Crippen LogP contribution in [0.3, 0.4) is 0 Å². The van der Waals surface area contributed by atoms with Crippen molar-refractivity contribution < 1.29 is 9.47 Å². The quantitative estimate of drug-likeness (QED) is 0.686. The lowest BCUT2D eigenvalue weighted by Crippen LogP contribution is -2.44. The maximum Gasteiger partial charge on any atom is 0.164 e. The number of para-hydroxylation sites is 1. The van der Waals surface area contributed by atoms with Crippen LogP contribution in [0.5, 0.6) is 11.5 Å². The molecule has 0 bridgehead atoms. The first-order valence-electron chi connectivity index (χ1n) is 8.94. The van der Waals surface area contributed by atoms with Crippen molar-refractivity contribution in [2.45, 2.75) is 12.8 Å². The summed E-state index contributed by atoms with van der Waals surface area (Å²) in [4.78, 5) is 7.09. The normalized spacial score (nSPS) is 16.5. The second-order valence-electron chi connectivity index (χ2n) is 6.85. The van der Waals surface area contributed by atoms with Crippen molar-refractivity contribution >= 4 is 0 Å². The molecule has 0 radical (unpaired) electrons. The third-order valence-corrected chi connectivity index (χ3v) is 4.58. The number of hydrogen-bond donors (Lipinski definition) is 0. The Hall–Kier alpha value is -1.30. The summed E-state index contributed by atoms with van der Waals surface area (Å²) in [6, 6.07) is 6.20. The lowest BCUT2D eigenvalue weighted by atomic mass is 10.1. The first-order chi connectivity index (χ1) is 11.6. The van der Waals surface area contributed by atoms with Gasteiger partial charge in [-0.05, 0) is 52.2 Å². The van der Waals surface area contributed by atoms with Gasteiger partial charge in [0.25, 0.3) is 0 Å². The first-order valence-corrected chi connectivity index (χ1v) is 8.94. The standard InChI is InChI=1S/C19H33N3O2/c1-20(2)15-16-24-19-17(7-5-9-18(19)23-4)8-6-10-22-13-11-21(3)12-14-22/h5,7,9H,6,8,10-16H2,1-4H3. The van der Waals surface area contributed by atoms with E-state index in [2.05, 4.69) is 48.0 Å². The molecule has 1 aromatic rings. The fourth-order valence-electron chi connectivity index (χ4n) is 2.98. The second kappa shape index (κ2) is 9.87. The van der Waals surface area contributed by atoms with Crippen LogP contribution >= 0.6 is 0 Å². The molecular formula is C19H33N3O2. The highest BCUT2D eigenvalue weighted by Crippen LogP contribution is 2.32. The Labute approximate surface area is 147 Å². The predicted octanol–water partition coefficient (Wildman–Crippen LogP) is 1.82. The Bertz CT molecular complexity index is 486. The van der Waals surface area contributed by atoms with Crippen molar-refractivity contribution in [3.05, 3.63) is 23.8 Å². The van der Waals surface area contributed by atoms with Gasteiger partial charge in [0.15, 0.2) is 11.5 Å². The Morgan fingerprint density at radius 1 is 1.12 bits per heavy atom. The topological polar surface area (TPSA) is 28.2 Å². The van der Waals surface area contributed by atoms with Gasteiger partial charge in [-0.15, -0.1) is 0 Å². The Kier molecular flexibility index (Phi) is 7.82. The summed E-state index contributed by atoms with van der Waals surface area (Å²) in [5.41, 5.74) is 1.25. The van der Waals surface area contributed by atoms with E-state index >= 15 is 0 Å². The zero-order valence-corrected chi connectivity index (χ0v) is 15.8. The molecule has 1 aliphatic rings. The third kappa shape index (κ3) is 5.96. The van der Waals surface area contributed by atoms with Crippen molar-refractivity contribution in [3.8, 4) is 11.5 Å². The summed E-state index contributed by atoms with van der Waals surface area (Å²) in [6.07, 6.45) is 2.18. The second-order valence-corrected chi connectivity index (χ2v) is 6.85. The van der Waals surface area contributed by atoms with Gasteiger partial charge in [0, 0.05) is 32.7 Å². The van der Waals surface area contributed by atoms with E-state index in [0.29, 0.717) is 6.61 Å². The molecule has 0 spiro atoms. The van der Waals surface area contributed by atoms with E-state index in [9.17, 15) is 0 Å². The number of hydrogen-bond acceptors (Lipinski definition) is 5. The highest BCUT2D eigenvalue weighted by Gasteiger charge is 2.14. The molecule has 1 aromatic carbocycles. The van der Waals surface area contributed by atoms with Gasteiger partial charge >= 0.3 is 0 Å². The van der Waals surface area contributed by atoms with E-state index in [0.717, 1.165) is 37.4 Å². The minimum Gasteiger partial charge on any atom is -0.493 e. The number of benzene rings is 1. The summed E-state index contributed by atoms with van der Waals surface area (Å²) in [5, 5.41) is 0. The van der Waals surface area contributed by atoms with Crippen LogP contribution in [-0.2, 0) is 6.42 Å². The van der Waals surface area contributed by atoms with Crippen LogP contribution in [0.4, 0.5) is 0 Å². The van der Waals surface area contributed by atoms with Gasteiger partial charge in [0.2, 0.25) is 0 Å². The summed E-state index contributed by atoms with van der Waals surface area (Å²) in [5.74, 6) is 1.76. The molecule has 2 rings (SSSR count). The summed E-state index contributed by atoms with van der Waals surface area (Å²) < 4.78 is 11.5. The van der Waals surface area contributed by atoms with Crippen LogP contribution in [0.25, 0.3) is 0 Å². The van der Waals surface area contributed by atoms with Gasteiger partial charge < -0.3 is 24.2 Å². The van der Waals surface area contributed by atoms with Gasteiger partial charge in [-0.25, -0.2) is 0 Å². The lowest BCUT2D eigenvalue weighted by Gasteiger charge is -2.32. The minimum absolute atomic E-state index is 0.679. The van der Waals surface area contributed by atoms with Crippen LogP contribution in [0.1, 0.15) is 12.0 Å². The molecule has 0 saturated carbocycles. The Morgan fingerprint density at radius 2 is 1.88 bits per heavy atom. The highest BCUT2D eigenvalue weighted by molar-refractivity contribution is 5.46. The van der Waals surface area contributed by atoms with Crippen molar-refractivity contribution in [2.75, 3.05) is 74.1 Å². The molecule has 0 amide bonds. The van der Waals surface area contributed by atoms with Gasteiger partial charge in [0.05, 0.1) is 7.11 Å². The van der Waals surface area contributed by atoms with Gasteiger partial charge in [-0.3, -0.25) is 0 Å². The summed E-state index contributed by atoms with van der Waals surface area (Å²) in [7, 11) is 8.03. The molecule has 0 aliphatic carbocycles. The van der Waals surface area contributed by atoms with Crippen LogP contribution in [0.2, 0.25) is 0 Å². The van der Waals surface area contributed by atoms with Gasteiger partial charge in [0.1, 0.15) is 6.61 Å². The molecule has 1 saturated heterocycles. The molecule has 0 atom stereocenters. The van der Waals surface area contributed by atoms with Crippen molar-refractivity contribution in [3.63, 3.8) is 0 Å². The Balaban J connectivity index is 1.88. The smallest absolute Gasteiger partial charge is 0.164 e. The van der Waals surface area contributed by atoms with Gasteiger partial charge in [-0.2, -0.15) is 0 Å². The zero-order chi connectivity index (χ0) is 17.4. The molecule has 1 heterocycles. The minimum atomic E-state index is 0.679. The molecule has 1 aliphatic heterocycles. The number of aryl methyl sites for hydroxylation is 1. The fraction of sp³-hybridized carbons (Fsp3) is 0.684. The molecular weight excluding hydrogens is 302 g/mol. The number of piperazine rings is 1. The van der Waals surface area contributed by atoms with Crippen LogP contribution < -0.4 is 9.47 Å². The molecule has 24 heavy (non-hydrogen) atoms. The monoisotopic (exact) mass is 335 g/mol. The van der Waals surface area contributed by atoms with Crippen LogP contribution in [0, 0.1) is 0 Å². The van der Waals surface area contributed by atoms with E-state index in [1.807, 2.05) is 6.07 Å². The average Bonchev–Trinajstić information content (AvgIpc) is 2.57. The van der Waals surface area contributed by atoms with Gasteiger partial charge in [-0.1, -0.05) is 12.1 Å². The number of nitrogens with zero attached hydrogens (tertiary/aromatic N) is 3. The maximum absolute atomic E-state index is 6.04. The number of ether oxygens (including phenoxy) is 2. The summed E-state index contributed by atoms with van der Waals surface area (Å²) in [6.45, 7) is 7.46. The average molecular weight is 335 g/mol. The molecule has 5 heteroatoms. The van der Waals surface area contributed by atoms with E-state index in [-0.39, 0.29) is 0 Å². The molecule has 136 valence electrons.